The first-order chi connectivity index (χ1) is 13.2. The number of pyridine rings is 2. The number of nitrogens with two attached hydrogens (primary N) is 1. The molecule has 1 atom stereocenters. The molecule has 0 aliphatic carbocycles. The van der Waals surface area contributed by atoms with Gasteiger partial charge in [0.2, 0.25) is 0 Å². The Bertz CT molecular complexity index is 964. The number of halogens is 1. The fourth-order valence-corrected chi connectivity index (χ4v) is 4.11. The van der Waals surface area contributed by atoms with E-state index in [-0.39, 0.29) is 24.4 Å². The lowest BCUT2D eigenvalue weighted by Crippen LogP contribution is -2.43. The standard InChI is InChI=1S/C19H22N6OS.ClH/c1-27-15-10-23-18-16(17(15)25-7-3-5-13(20)11-25)14(9-22-18)24-19(26)12-4-2-6-21-8-12;/h2,4,6,8-10,13H,3,5,7,11,20H2,1H3,(H,22,23)(H,24,26);1H/t13-;/m1./s1. The third-order valence-electron chi connectivity index (χ3n) is 4.81. The van der Waals surface area contributed by atoms with E-state index in [9.17, 15) is 4.79 Å². The van der Waals surface area contributed by atoms with E-state index < -0.39 is 0 Å². The number of hydrogen-bond donors (Lipinski definition) is 3. The third-order valence-corrected chi connectivity index (χ3v) is 5.54. The SMILES string of the molecule is CSc1cnc2[nH]cc(NC(=O)c3cccnc3)c2c1N1CCC[C@@H](N)C1.Cl. The molecule has 148 valence electrons. The van der Waals surface area contributed by atoms with Gasteiger partial charge >= 0.3 is 0 Å². The normalized spacial score (nSPS) is 16.6. The summed E-state index contributed by atoms with van der Waals surface area (Å²) in [7, 11) is 0. The van der Waals surface area contributed by atoms with Gasteiger partial charge in [-0.2, -0.15) is 0 Å². The van der Waals surface area contributed by atoms with Crippen molar-refractivity contribution in [3.05, 3.63) is 42.5 Å². The Kier molecular flexibility index (Phi) is 6.43. The van der Waals surface area contributed by atoms with Gasteiger partial charge < -0.3 is 20.9 Å². The maximum atomic E-state index is 12.6. The number of nitrogens with zero attached hydrogens (tertiary/aromatic N) is 3. The molecule has 1 aliphatic heterocycles. The smallest absolute Gasteiger partial charge is 0.257 e. The van der Waals surface area contributed by atoms with E-state index in [1.54, 1.807) is 42.5 Å². The minimum Gasteiger partial charge on any atom is -0.368 e. The van der Waals surface area contributed by atoms with E-state index in [2.05, 4.69) is 25.2 Å². The molecular weight excluding hydrogens is 396 g/mol. The molecule has 1 aliphatic rings. The molecule has 0 spiro atoms. The van der Waals surface area contributed by atoms with Crippen molar-refractivity contribution in [2.24, 2.45) is 5.73 Å². The van der Waals surface area contributed by atoms with Gasteiger partial charge in [-0.15, -0.1) is 24.2 Å². The average Bonchev–Trinajstić information content (AvgIpc) is 3.10. The van der Waals surface area contributed by atoms with Crippen LogP contribution in [0.5, 0.6) is 0 Å². The Morgan fingerprint density at radius 2 is 2.29 bits per heavy atom. The van der Waals surface area contributed by atoms with E-state index in [0.29, 0.717) is 5.56 Å². The van der Waals surface area contributed by atoms with Gasteiger partial charge in [0.05, 0.1) is 22.3 Å². The van der Waals surface area contributed by atoms with Crippen LogP contribution < -0.4 is 16.0 Å². The molecule has 0 saturated carbocycles. The second kappa shape index (κ2) is 8.81. The Hall–Kier alpha value is -2.29. The Balaban J connectivity index is 0.00000225. The molecule has 0 unspecified atom stereocenters. The zero-order chi connectivity index (χ0) is 18.8. The second-order valence-corrected chi connectivity index (χ2v) is 7.49. The van der Waals surface area contributed by atoms with Gasteiger partial charge in [-0.3, -0.25) is 9.78 Å². The number of aromatic nitrogens is 3. The van der Waals surface area contributed by atoms with Crippen molar-refractivity contribution in [1.29, 1.82) is 0 Å². The van der Waals surface area contributed by atoms with Crippen LogP contribution in [0.1, 0.15) is 23.2 Å². The lowest BCUT2D eigenvalue weighted by atomic mass is 10.1. The largest absolute Gasteiger partial charge is 0.368 e. The molecule has 1 saturated heterocycles. The summed E-state index contributed by atoms with van der Waals surface area (Å²) in [5, 5.41) is 3.93. The van der Waals surface area contributed by atoms with Crippen LogP contribution in [0.3, 0.4) is 0 Å². The molecule has 0 bridgehead atoms. The van der Waals surface area contributed by atoms with Crippen LogP contribution in [0.2, 0.25) is 0 Å². The number of fused-ring (bicyclic) bond motifs is 1. The molecule has 0 radical (unpaired) electrons. The summed E-state index contributed by atoms with van der Waals surface area (Å²) in [5.41, 5.74) is 9.30. The quantitative estimate of drug-likeness (QED) is 0.562. The van der Waals surface area contributed by atoms with Gasteiger partial charge in [-0.05, 0) is 31.2 Å². The number of nitrogens with one attached hydrogen (secondary N) is 2. The molecule has 28 heavy (non-hydrogen) atoms. The highest BCUT2D eigenvalue weighted by atomic mass is 35.5. The molecule has 9 heteroatoms. The molecule has 4 heterocycles. The highest BCUT2D eigenvalue weighted by Gasteiger charge is 2.24. The molecular formula is C19H23ClN6OS. The topological polar surface area (TPSA) is 99.9 Å². The molecule has 0 aromatic carbocycles. The van der Waals surface area contributed by atoms with Crippen molar-refractivity contribution in [1.82, 2.24) is 15.0 Å². The van der Waals surface area contributed by atoms with Crippen molar-refractivity contribution in [3.63, 3.8) is 0 Å². The van der Waals surface area contributed by atoms with Crippen LogP contribution in [0, 0.1) is 0 Å². The van der Waals surface area contributed by atoms with E-state index in [4.69, 9.17) is 5.73 Å². The van der Waals surface area contributed by atoms with E-state index in [1.807, 2.05) is 12.5 Å². The van der Waals surface area contributed by atoms with Gasteiger partial charge in [0.1, 0.15) is 5.65 Å². The molecule has 1 amide bonds. The summed E-state index contributed by atoms with van der Waals surface area (Å²) < 4.78 is 0. The Morgan fingerprint density at radius 1 is 1.43 bits per heavy atom. The lowest BCUT2D eigenvalue weighted by Gasteiger charge is -2.34. The summed E-state index contributed by atoms with van der Waals surface area (Å²) in [4.78, 5) is 27.7. The number of piperidine rings is 1. The van der Waals surface area contributed by atoms with Gasteiger partial charge in [-0.1, -0.05) is 0 Å². The van der Waals surface area contributed by atoms with Crippen molar-refractivity contribution < 1.29 is 4.79 Å². The number of H-pyrrole nitrogens is 1. The summed E-state index contributed by atoms with van der Waals surface area (Å²) >= 11 is 1.65. The minimum absolute atomic E-state index is 0. The summed E-state index contributed by atoms with van der Waals surface area (Å²) in [6.07, 6.45) is 11.0. The van der Waals surface area contributed by atoms with Crippen LogP contribution in [0.4, 0.5) is 11.4 Å². The van der Waals surface area contributed by atoms with Crippen molar-refractivity contribution >= 4 is 52.5 Å². The number of anilines is 2. The zero-order valence-corrected chi connectivity index (χ0v) is 17.1. The first-order valence-corrected chi connectivity index (χ1v) is 10.2. The maximum absolute atomic E-state index is 12.6. The van der Waals surface area contributed by atoms with Crippen LogP contribution in [-0.2, 0) is 0 Å². The number of carbonyl (C=O) groups is 1. The highest BCUT2D eigenvalue weighted by molar-refractivity contribution is 7.98. The fraction of sp³-hybridized carbons (Fsp3) is 0.316. The lowest BCUT2D eigenvalue weighted by molar-refractivity contribution is 0.102. The number of thioether (sulfide) groups is 1. The zero-order valence-electron chi connectivity index (χ0n) is 15.5. The first-order valence-electron chi connectivity index (χ1n) is 8.93. The van der Waals surface area contributed by atoms with Crippen LogP contribution in [0.15, 0.2) is 41.8 Å². The molecule has 1 fully saturated rings. The monoisotopic (exact) mass is 418 g/mol. The first kappa shape index (κ1) is 20.4. The highest BCUT2D eigenvalue weighted by Crippen LogP contribution is 2.40. The van der Waals surface area contributed by atoms with Gasteiger partial charge in [-0.25, -0.2) is 4.98 Å². The number of rotatable bonds is 4. The number of aromatic amines is 1. The van der Waals surface area contributed by atoms with Gasteiger partial charge in [0, 0.05) is 48.8 Å². The summed E-state index contributed by atoms with van der Waals surface area (Å²) in [6.45, 7) is 1.75. The molecule has 7 nitrogen and oxygen atoms in total. The van der Waals surface area contributed by atoms with Crippen molar-refractivity contribution in [2.75, 3.05) is 29.6 Å². The van der Waals surface area contributed by atoms with Crippen molar-refractivity contribution in [2.45, 2.75) is 23.8 Å². The molecule has 3 aromatic heterocycles. The maximum Gasteiger partial charge on any atom is 0.257 e. The van der Waals surface area contributed by atoms with Crippen molar-refractivity contribution in [3.8, 4) is 0 Å². The number of amides is 1. The fourth-order valence-electron chi connectivity index (χ4n) is 3.53. The average molecular weight is 419 g/mol. The second-order valence-electron chi connectivity index (χ2n) is 6.65. The Labute approximate surface area is 173 Å². The number of hydrogen-bond acceptors (Lipinski definition) is 6. The summed E-state index contributed by atoms with van der Waals surface area (Å²) in [6, 6.07) is 3.65. The van der Waals surface area contributed by atoms with Gasteiger partial charge in [0.25, 0.3) is 5.91 Å². The minimum atomic E-state index is -0.195. The predicted octanol–water partition coefficient (Wildman–Crippen LogP) is 3.28. The molecule has 4 N–H and O–H groups in total. The van der Waals surface area contributed by atoms with Gasteiger partial charge in [0.15, 0.2) is 0 Å². The predicted molar refractivity (Wildman–Crippen MR) is 117 cm³/mol. The number of carbonyl (C=O) groups excluding carboxylic acids is 1. The van der Waals surface area contributed by atoms with E-state index in [1.165, 1.54) is 0 Å². The third kappa shape index (κ3) is 3.94. The summed E-state index contributed by atoms with van der Waals surface area (Å²) in [5.74, 6) is -0.195. The van der Waals surface area contributed by atoms with Crippen LogP contribution in [-0.4, -0.2) is 46.2 Å². The Morgan fingerprint density at radius 3 is 3.00 bits per heavy atom. The van der Waals surface area contributed by atoms with E-state index >= 15 is 0 Å². The van der Waals surface area contributed by atoms with E-state index in [0.717, 1.165) is 53.2 Å². The molecule has 4 rings (SSSR count). The van der Waals surface area contributed by atoms with Crippen LogP contribution >= 0.6 is 24.2 Å². The molecule has 3 aromatic rings. The van der Waals surface area contributed by atoms with Crippen LogP contribution in [0.25, 0.3) is 11.0 Å².